The van der Waals surface area contributed by atoms with Crippen molar-refractivity contribution in [3.63, 3.8) is 0 Å². The Kier molecular flexibility index (Phi) is 20.8. The van der Waals surface area contributed by atoms with Crippen molar-refractivity contribution in [3.8, 4) is 0 Å². The zero-order valence-corrected chi connectivity index (χ0v) is 25.2. The Bertz CT molecular complexity index is 669. The van der Waals surface area contributed by atoms with Crippen LogP contribution in [0.15, 0.2) is 17.5 Å². The predicted molar refractivity (Wildman–Crippen MR) is 137 cm³/mol. The second-order valence-electron chi connectivity index (χ2n) is 8.03. The van der Waals surface area contributed by atoms with E-state index in [0.29, 0.717) is 9.91 Å². The molecule has 0 unspecified atom stereocenters. The molecule has 0 bridgehead atoms. The van der Waals surface area contributed by atoms with Crippen LogP contribution in [0.5, 0.6) is 0 Å². The summed E-state index contributed by atoms with van der Waals surface area (Å²) in [6.07, 6.45) is 11.1. The lowest BCUT2D eigenvalue weighted by Gasteiger charge is -2.39. The van der Waals surface area contributed by atoms with Crippen LogP contribution in [0.1, 0.15) is 90.9 Å². The van der Waals surface area contributed by atoms with Crippen molar-refractivity contribution >= 4 is 48.2 Å². The molecule has 184 valence electrons. The molecule has 1 aromatic rings. The lowest BCUT2D eigenvalue weighted by Crippen LogP contribution is -3.00. The molecule has 0 amide bonds. The number of halogens is 3. The van der Waals surface area contributed by atoms with Crippen LogP contribution in [0.25, 0.3) is 5.57 Å². The van der Waals surface area contributed by atoms with Crippen LogP contribution in [-0.4, -0.2) is 39.1 Å². The van der Waals surface area contributed by atoms with Gasteiger partial charge in [0.05, 0.1) is 35.9 Å². The summed E-state index contributed by atoms with van der Waals surface area (Å²) in [4.78, 5) is 0.800. The number of quaternary nitrogens is 1. The minimum Gasteiger partial charge on any atom is -1.00 e. The van der Waals surface area contributed by atoms with Crippen LogP contribution in [-0.2, 0) is 9.05 Å². The number of rotatable bonds is 14. The molecule has 0 spiro atoms. The summed E-state index contributed by atoms with van der Waals surface area (Å²) in [6, 6.07) is 3.46. The fourth-order valence-electron chi connectivity index (χ4n) is 3.44. The average Bonchev–Trinajstić information content (AvgIpc) is 3.13. The van der Waals surface area contributed by atoms with E-state index >= 15 is 0 Å². The molecule has 0 aliphatic rings. The van der Waals surface area contributed by atoms with Crippen molar-refractivity contribution in [2.24, 2.45) is 0 Å². The van der Waals surface area contributed by atoms with E-state index in [1.807, 2.05) is 0 Å². The van der Waals surface area contributed by atoms with E-state index in [-0.39, 0.29) is 24.0 Å². The topological polar surface area (TPSA) is 34.1 Å². The van der Waals surface area contributed by atoms with Gasteiger partial charge in [0.25, 0.3) is 9.05 Å². The normalized spacial score (nSPS) is 12.2. The number of hydrogen-bond acceptors (Lipinski definition) is 3. The first-order valence-electron chi connectivity index (χ1n) is 11.4. The maximum Gasteiger partial charge on any atom is 0.254 e. The average molecular weight is 627 g/mol. The van der Waals surface area contributed by atoms with Gasteiger partial charge < -0.3 is 28.5 Å². The second kappa shape index (κ2) is 19.0. The predicted octanol–water partition coefficient (Wildman–Crippen LogP) is 5.34. The second-order valence-corrected chi connectivity index (χ2v) is 12.2. The van der Waals surface area contributed by atoms with Gasteiger partial charge in [-0.2, -0.15) is 0 Å². The summed E-state index contributed by atoms with van der Waals surface area (Å²) < 4.78 is 23.4. The highest BCUT2D eigenvalue weighted by molar-refractivity contribution is 8.16. The molecule has 0 radical (unpaired) electrons. The summed E-state index contributed by atoms with van der Waals surface area (Å²) in [5.41, 5.74) is 0.590. The summed E-state index contributed by atoms with van der Waals surface area (Å²) in [6.45, 7) is 16.7. The minimum absolute atomic E-state index is 0. The SMILES string of the molecule is C/C(=C\S(=O)(=O)Cl)c1ccc(Cl)s1.CCCC[N+](CCCC)(CCCC)CCCC.[I-]. The maximum absolute atomic E-state index is 10.7. The van der Waals surface area contributed by atoms with Gasteiger partial charge in [-0.3, -0.25) is 0 Å². The lowest BCUT2D eigenvalue weighted by atomic mass is 10.1. The Hall–Kier alpha value is 0.660. The smallest absolute Gasteiger partial charge is 0.254 e. The third-order valence-corrected chi connectivity index (χ3v) is 7.49. The third-order valence-electron chi connectivity index (χ3n) is 5.22. The largest absolute Gasteiger partial charge is 1.00 e. The Balaban J connectivity index is 0. The summed E-state index contributed by atoms with van der Waals surface area (Å²) >= 11 is 7.00. The Morgan fingerprint density at radius 2 is 1.29 bits per heavy atom. The maximum atomic E-state index is 10.7. The van der Waals surface area contributed by atoms with E-state index < -0.39 is 9.05 Å². The lowest BCUT2D eigenvalue weighted by molar-refractivity contribution is -0.929. The first kappa shape index (κ1) is 33.8. The van der Waals surface area contributed by atoms with E-state index in [2.05, 4.69) is 27.7 Å². The quantitative estimate of drug-likeness (QED) is 0.159. The monoisotopic (exact) mass is 625 g/mol. The van der Waals surface area contributed by atoms with E-state index in [0.717, 1.165) is 10.3 Å². The molecule has 8 heteroatoms. The van der Waals surface area contributed by atoms with Gasteiger partial charge in [-0.1, -0.05) is 65.0 Å². The van der Waals surface area contributed by atoms with Gasteiger partial charge in [0, 0.05) is 15.6 Å². The number of allylic oxidation sites excluding steroid dienone is 1. The van der Waals surface area contributed by atoms with E-state index in [9.17, 15) is 8.42 Å². The van der Waals surface area contributed by atoms with Crippen LogP contribution in [0, 0.1) is 0 Å². The summed E-state index contributed by atoms with van der Waals surface area (Å²) in [5.74, 6) is 0. The van der Waals surface area contributed by atoms with E-state index in [1.165, 1.54) is 93.4 Å². The highest BCUT2D eigenvalue weighted by atomic mass is 127. The van der Waals surface area contributed by atoms with E-state index in [4.69, 9.17) is 22.3 Å². The molecular formula is C23H42Cl2INO2S2. The molecule has 3 nitrogen and oxygen atoms in total. The molecule has 1 heterocycles. The molecule has 0 aliphatic carbocycles. The molecule has 0 atom stereocenters. The zero-order valence-electron chi connectivity index (χ0n) is 19.9. The van der Waals surface area contributed by atoms with Gasteiger partial charge >= 0.3 is 0 Å². The van der Waals surface area contributed by atoms with Gasteiger partial charge in [-0.25, -0.2) is 8.42 Å². The molecule has 1 aromatic heterocycles. The van der Waals surface area contributed by atoms with Crippen LogP contribution < -0.4 is 24.0 Å². The van der Waals surface area contributed by atoms with Crippen molar-refractivity contribution in [2.45, 2.75) is 86.0 Å². The van der Waals surface area contributed by atoms with Crippen molar-refractivity contribution in [1.82, 2.24) is 0 Å². The van der Waals surface area contributed by atoms with Crippen LogP contribution in [0.2, 0.25) is 4.34 Å². The Morgan fingerprint density at radius 3 is 1.55 bits per heavy atom. The standard InChI is InChI=1S/C16H36N.C7H6Cl2O2S2.HI/c1-5-9-13-17(14-10-6-2,15-11-7-3)16-12-8-4;1-5(4-13(9,10)11)6-2-3-7(8)12-6;/h5-16H2,1-4H3;2-4H,1H3;1H/q+1;;/p-1/b;5-4+;. The van der Waals surface area contributed by atoms with E-state index in [1.54, 1.807) is 19.1 Å². The third kappa shape index (κ3) is 16.9. The number of unbranched alkanes of at least 4 members (excludes halogenated alkanes) is 4. The van der Waals surface area contributed by atoms with Crippen LogP contribution in [0.4, 0.5) is 0 Å². The van der Waals surface area contributed by atoms with Crippen molar-refractivity contribution in [2.75, 3.05) is 26.2 Å². The van der Waals surface area contributed by atoms with Gasteiger partial charge in [0.1, 0.15) is 0 Å². The van der Waals surface area contributed by atoms with Crippen LogP contribution >= 0.6 is 33.6 Å². The molecule has 0 fully saturated rings. The van der Waals surface area contributed by atoms with Crippen molar-refractivity contribution in [3.05, 3.63) is 26.8 Å². The van der Waals surface area contributed by atoms with Crippen molar-refractivity contribution < 1.29 is 36.9 Å². The molecule has 0 aliphatic heterocycles. The minimum atomic E-state index is -3.59. The highest BCUT2D eigenvalue weighted by Crippen LogP contribution is 2.28. The summed E-state index contributed by atoms with van der Waals surface area (Å²) in [5, 5.41) is 1.01. The van der Waals surface area contributed by atoms with Crippen LogP contribution in [0.3, 0.4) is 0 Å². The summed E-state index contributed by atoms with van der Waals surface area (Å²) in [7, 11) is 1.46. The Morgan fingerprint density at radius 1 is 0.903 bits per heavy atom. The van der Waals surface area contributed by atoms with Gasteiger partial charge in [-0.15, -0.1) is 11.3 Å². The first-order chi connectivity index (χ1) is 14.1. The fraction of sp³-hybridized carbons (Fsp3) is 0.739. The Labute approximate surface area is 222 Å². The van der Waals surface area contributed by atoms with Crippen molar-refractivity contribution in [1.29, 1.82) is 0 Å². The highest BCUT2D eigenvalue weighted by Gasteiger charge is 2.24. The number of hydrogen-bond donors (Lipinski definition) is 0. The molecule has 0 N–H and O–H groups in total. The number of nitrogens with zero attached hydrogens (tertiary/aromatic N) is 1. The molecule has 0 aromatic carbocycles. The molecule has 0 saturated heterocycles. The first-order valence-corrected chi connectivity index (χ1v) is 14.9. The molecule has 0 saturated carbocycles. The van der Waals surface area contributed by atoms with Gasteiger partial charge in [0.2, 0.25) is 0 Å². The number of thiophene rings is 1. The molecule has 31 heavy (non-hydrogen) atoms. The van der Waals surface area contributed by atoms with Gasteiger partial charge in [0.15, 0.2) is 0 Å². The molecular weight excluding hydrogens is 584 g/mol. The zero-order chi connectivity index (χ0) is 23.0. The fourth-order valence-corrected chi connectivity index (χ4v) is 5.48. The molecule has 1 rings (SSSR count). The van der Waals surface area contributed by atoms with Gasteiger partial charge in [-0.05, 0) is 50.3 Å².